The first-order valence-electron chi connectivity index (χ1n) is 8.96. The average molecular weight is 413 g/mol. The summed E-state index contributed by atoms with van der Waals surface area (Å²) >= 11 is 3.31. The molecule has 3 rings (SSSR count). The second-order valence-electron chi connectivity index (χ2n) is 7.41. The van der Waals surface area contributed by atoms with Crippen LogP contribution >= 0.6 is 23.1 Å². The number of hydrogen-bond donors (Lipinski definition) is 1. The number of aromatic nitrogens is 1. The van der Waals surface area contributed by atoms with Crippen molar-refractivity contribution in [1.29, 1.82) is 0 Å². The second-order valence-corrected chi connectivity index (χ2v) is 9.18. The molecule has 0 aliphatic carbocycles. The lowest BCUT2D eigenvalue weighted by Crippen LogP contribution is -2.15. The van der Waals surface area contributed by atoms with Gasteiger partial charge in [-0.15, -0.1) is 23.1 Å². The Bertz CT molecular complexity index is 930. The van der Waals surface area contributed by atoms with Crippen LogP contribution in [0.15, 0.2) is 58.3 Å². The highest BCUT2D eigenvalue weighted by atomic mass is 32.2. The average Bonchev–Trinajstić information content (AvgIpc) is 3.19. The fourth-order valence-corrected chi connectivity index (χ4v) is 4.10. The predicted molar refractivity (Wildman–Crippen MR) is 118 cm³/mol. The number of thiazole rings is 1. The summed E-state index contributed by atoms with van der Waals surface area (Å²) in [5, 5.41) is 5.03. The van der Waals surface area contributed by atoms with Crippen molar-refractivity contribution < 1.29 is 9.53 Å². The maximum absolute atomic E-state index is 12.7. The van der Waals surface area contributed by atoms with E-state index in [2.05, 4.69) is 31.1 Å². The van der Waals surface area contributed by atoms with Crippen molar-refractivity contribution in [2.24, 2.45) is 0 Å². The Hall–Kier alpha value is -2.31. The van der Waals surface area contributed by atoms with Gasteiger partial charge in [0, 0.05) is 21.6 Å². The maximum Gasteiger partial charge on any atom is 0.255 e. The first kappa shape index (κ1) is 20.4. The highest BCUT2D eigenvalue weighted by molar-refractivity contribution is 7.98. The molecule has 2 aromatic carbocycles. The number of nitrogens with zero attached hydrogens (tertiary/aromatic N) is 1. The fourth-order valence-electron chi connectivity index (χ4n) is 2.64. The van der Waals surface area contributed by atoms with Crippen molar-refractivity contribution in [2.75, 3.05) is 12.4 Å². The van der Waals surface area contributed by atoms with Gasteiger partial charge in [0.25, 0.3) is 5.91 Å². The molecule has 28 heavy (non-hydrogen) atoms. The molecule has 146 valence electrons. The molecule has 0 bridgehead atoms. The lowest BCUT2D eigenvalue weighted by atomic mass is 9.87. The molecule has 0 atom stereocenters. The quantitative estimate of drug-likeness (QED) is 0.505. The molecule has 1 heterocycles. The number of anilines is 1. The van der Waals surface area contributed by atoms with Gasteiger partial charge in [-0.2, -0.15) is 0 Å². The van der Waals surface area contributed by atoms with Crippen LogP contribution in [-0.4, -0.2) is 18.0 Å². The minimum atomic E-state index is -0.152. The van der Waals surface area contributed by atoms with Crippen LogP contribution in [0.25, 0.3) is 0 Å². The number of methoxy groups -OCH3 is 1. The minimum Gasteiger partial charge on any atom is -0.495 e. The van der Waals surface area contributed by atoms with Gasteiger partial charge in [0.2, 0.25) is 0 Å². The zero-order valence-electron chi connectivity index (χ0n) is 16.5. The van der Waals surface area contributed by atoms with Crippen LogP contribution < -0.4 is 10.1 Å². The number of benzene rings is 2. The van der Waals surface area contributed by atoms with E-state index >= 15 is 0 Å². The first-order valence-corrected chi connectivity index (χ1v) is 10.9. The standard InChI is InChI=1S/C22H24N2O2S2/c1-22(2,3)16-7-10-20(26-4)19(11-16)24-21(25)15-5-8-18(9-6-15)28-13-17-12-27-14-23-17/h5-12,14H,13H2,1-4H3,(H,24,25). The van der Waals surface area contributed by atoms with E-state index in [0.29, 0.717) is 17.0 Å². The summed E-state index contributed by atoms with van der Waals surface area (Å²) in [6.07, 6.45) is 0. The molecule has 0 spiro atoms. The number of ether oxygens (including phenoxy) is 1. The predicted octanol–water partition coefficient (Wildman–Crippen LogP) is 5.99. The lowest BCUT2D eigenvalue weighted by molar-refractivity contribution is 0.102. The van der Waals surface area contributed by atoms with Gasteiger partial charge >= 0.3 is 0 Å². The topological polar surface area (TPSA) is 51.2 Å². The molecule has 1 aromatic heterocycles. The molecule has 0 saturated heterocycles. The molecule has 0 aliphatic heterocycles. The molecule has 0 radical (unpaired) electrons. The van der Waals surface area contributed by atoms with Gasteiger partial charge in [-0.3, -0.25) is 4.79 Å². The van der Waals surface area contributed by atoms with E-state index in [9.17, 15) is 4.79 Å². The van der Waals surface area contributed by atoms with Crippen LogP contribution in [0, 0.1) is 0 Å². The number of thioether (sulfide) groups is 1. The second kappa shape index (κ2) is 8.80. The monoisotopic (exact) mass is 412 g/mol. The summed E-state index contributed by atoms with van der Waals surface area (Å²) in [4.78, 5) is 18.1. The maximum atomic E-state index is 12.7. The van der Waals surface area contributed by atoms with E-state index in [1.54, 1.807) is 30.2 Å². The smallest absolute Gasteiger partial charge is 0.255 e. The van der Waals surface area contributed by atoms with Crippen molar-refractivity contribution in [1.82, 2.24) is 4.98 Å². The van der Waals surface area contributed by atoms with Crippen LogP contribution in [-0.2, 0) is 11.2 Å². The Balaban J connectivity index is 1.70. The van der Waals surface area contributed by atoms with Gasteiger partial charge in [-0.25, -0.2) is 4.98 Å². The van der Waals surface area contributed by atoms with Crippen LogP contribution in [0.4, 0.5) is 5.69 Å². The van der Waals surface area contributed by atoms with Crippen molar-refractivity contribution in [3.05, 3.63) is 70.2 Å². The van der Waals surface area contributed by atoms with Crippen molar-refractivity contribution in [2.45, 2.75) is 36.8 Å². The summed E-state index contributed by atoms with van der Waals surface area (Å²) in [7, 11) is 1.61. The SMILES string of the molecule is COc1ccc(C(C)(C)C)cc1NC(=O)c1ccc(SCc2cscn2)cc1. The number of nitrogens with one attached hydrogen (secondary N) is 1. The third kappa shape index (κ3) is 5.14. The van der Waals surface area contributed by atoms with E-state index < -0.39 is 0 Å². The Morgan fingerprint density at radius 2 is 1.93 bits per heavy atom. The van der Waals surface area contributed by atoms with E-state index in [1.165, 1.54) is 0 Å². The van der Waals surface area contributed by atoms with E-state index in [0.717, 1.165) is 21.9 Å². The van der Waals surface area contributed by atoms with Crippen molar-refractivity contribution >= 4 is 34.7 Å². The van der Waals surface area contributed by atoms with Crippen LogP contribution in [0.3, 0.4) is 0 Å². The molecule has 0 fully saturated rings. The highest BCUT2D eigenvalue weighted by Crippen LogP contribution is 2.32. The normalized spacial score (nSPS) is 11.3. The zero-order chi connectivity index (χ0) is 20.1. The van der Waals surface area contributed by atoms with Crippen LogP contribution in [0.5, 0.6) is 5.75 Å². The van der Waals surface area contributed by atoms with E-state index in [4.69, 9.17) is 4.74 Å². The molecule has 0 aliphatic rings. The number of rotatable bonds is 6. The van der Waals surface area contributed by atoms with Crippen molar-refractivity contribution in [3.63, 3.8) is 0 Å². The van der Waals surface area contributed by atoms with E-state index in [-0.39, 0.29) is 11.3 Å². The summed E-state index contributed by atoms with van der Waals surface area (Å²) in [5.74, 6) is 1.32. The van der Waals surface area contributed by atoms with Gasteiger partial charge in [0.15, 0.2) is 0 Å². The van der Waals surface area contributed by atoms with Gasteiger partial charge in [0.05, 0.1) is 24.0 Å². The molecule has 0 unspecified atom stereocenters. The molecule has 1 amide bonds. The number of carbonyl (C=O) groups is 1. The molecule has 0 saturated carbocycles. The van der Waals surface area contributed by atoms with Crippen molar-refractivity contribution in [3.8, 4) is 5.75 Å². The van der Waals surface area contributed by atoms with Gasteiger partial charge < -0.3 is 10.1 Å². The molecular weight excluding hydrogens is 388 g/mol. The molecule has 1 N–H and O–H groups in total. The minimum absolute atomic E-state index is 0.0120. The summed E-state index contributed by atoms with van der Waals surface area (Å²) in [5.41, 5.74) is 5.33. The van der Waals surface area contributed by atoms with Gasteiger partial charge in [-0.05, 0) is 47.4 Å². The van der Waals surface area contributed by atoms with E-state index in [1.807, 2.05) is 53.4 Å². The zero-order valence-corrected chi connectivity index (χ0v) is 18.1. The Labute approximate surface area is 174 Å². The molecule has 3 aromatic rings. The lowest BCUT2D eigenvalue weighted by Gasteiger charge is -2.21. The number of hydrogen-bond acceptors (Lipinski definition) is 5. The van der Waals surface area contributed by atoms with Gasteiger partial charge in [0.1, 0.15) is 5.75 Å². The third-order valence-electron chi connectivity index (χ3n) is 4.30. The molecular formula is C22H24N2O2S2. The number of amides is 1. The summed E-state index contributed by atoms with van der Waals surface area (Å²) in [6.45, 7) is 6.42. The van der Waals surface area contributed by atoms with Crippen LogP contribution in [0.1, 0.15) is 42.4 Å². The highest BCUT2D eigenvalue weighted by Gasteiger charge is 2.17. The first-order chi connectivity index (χ1) is 13.4. The molecule has 6 heteroatoms. The summed E-state index contributed by atoms with van der Waals surface area (Å²) in [6, 6.07) is 13.5. The Morgan fingerprint density at radius 1 is 1.18 bits per heavy atom. The Morgan fingerprint density at radius 3 is 2.54 bits per heavy atom. The van der Waals surface area contributed by atoms with Gasteiger partial charge in [-0.1, -0.05) is 26.8 Å². The molecule has 4 nitrogen and oxygen atoms in total. The Kier molecular flexibility index (Phi) is 6.42. The fraction of sp³-hybridized carbons (Fsp3) is 0.273. The summed E-state index contributed by atoms with van der Waals surface area (Å²) < 4.78 is 5.41. The number of carbonyl (C=O) groups excluding carboxylic acids is 1. The largest absolute Gasteiger partial charge is 0.495 e. The van der Waals surface area contributed by atoms with Crippen LogP contribution in [0.2, 0.25) is 0 Å². The third-order valence-corrected chi connectivity index (χ3v) is 5.98.